The Bertz CT molecular complexity index is 429. The molecular formula is C19H32O4. The molecule has 2 rings (SSSR count). The van der Waals surface area contributed by atoms with Crippen LogP contribution in [0.25, 0.3) is 0 Å². The van der Waals surface area contributed by atoms with Gasteiger partial charge in [0.05, 0.1) is 7.11 Å². The van der Waals surface area contributed by atoms with Crippen molar-refractivity contribution in [2.45, 2.75) is 66.2 Å². The van der Waals surface area contributed by atoms with Crippen molar-refractivity contribution in [2.24, 2.45) is 0 Å². The van der Waals surface area contributed by atoms with Gasteiger partial charge in [0.15, 0.2) is 11.5 Å². The standard InChI is InChI=1S/C15H20O4.2C2H6/c1-17-15(16)7-5-3-2-4-6-12-8-9-13-14(10-12)19-11-18-13;2*1-2/h8-10H,2-7,11H2,1H3;2*1-2H3. The van der Waals surface area contributed by atoms with Crippen molar-refractivity contribution in [1.29, 1.82) is 0 Å². The second-order valence-corrected chi connectivity index (χ2v) is 4.68. The summed E-state index contributed by atoms with van der Waals surface area (Å²) < 4.78 is 15.2. The Balaban J connectivity index is 0.00000112. The number of esters is 1. The molecule has 0 spiro atoms. The van der Waals surface area contributed by atoms with Crippen LogP contribution in [0.15, 0.2) is 18.2 Å². The number of ether oxygens (including phenoxy) is 3. The van der Waals surface area contributed by atoms with Crippen LogP contribution in [0, 0.1) is 0 Å². The highest BCUT2D eigenvalue weighted by Gasteiger charge is 2.12. The van der Waals surface area contributed by atoms with Crippen LogP contribution in [0.4, 0.5) is 0 Å². The van der Waals surface area contributed by atoms with Gasteiger partial charge < -0.3 is 14.2 Å². The average Bonchev–Trinajstić information content (AvgIpc) is 3.09. The highest BCUT2D eigenvalue weighted by atomic mass is 16.7. The molecule has 1 aliphatic heterocycles. The molecule has 0 saturated heterocycles. The van der Waals surface area contributed by atoms with E-state index in [-0.39, 0.29) is 5.97 Å². The van der Waals surface area contributed by atoms with Gasteiger partial charge in [-0.15, -0.1) is 0 Å². The Labute approximate surface area is 141 Å². The third-order valence-corrected chi connectivity index (χ3v) is 3.26. The summed E-state index contributed by atoms with van der Waals surface area (Å²) in [5.74, 6) is 1.57. The van der Waals surface area contributed by atoms with Crippen molar-refractivity contribution >= 4 is 5.97 Å². The Hall–Kier alpha value is -1.71. The van der Waals surface area contributed by atoms with Gasteiger partial charge in [-0.1, -0.05) is 46.6 Å². The molecule has 0 amide bonds. The maximum Gasteiger partial charge on any atom is 0.305 e. The minimum Gasteiger partial charge on any atom is -0.469 e. The van der Waals surface area contributed by atoms with E-state index in [1.54, 1.807) is 0 Å². The van der Waals surface area contributed by atoms with Crippen LogP contribution < -0.4 is 9.47 Å². The quantitative estimate of drug-likeness (QED) is 0.515. The first-order valence-electron chi connectivity index (χ1n) is 8.75. The van der Waals surface area contributed by atoms with Crippen LogP contribution >= 0.6 is 0 Å². The summed E-state index contributed by atoms with van der Waals surface area (Å²) in [5, 5.41) is 0. The van der Waals surface area contributed by atoms with Crippen LogP contribution in [-0.4, -0.2) is 19.9 Å². The summed E-state index contributed by atoms with van der Waals surface area (Å²) in [7, 11) is 1.43. The topological polar surface area (TPSA) is 44.8 Å². The Morgan fingerprint density at radius 2 is 1.65 bits per heavy atom. The Kier molecular flexibility index (Phi) is 12.9. The molecule has 1 aromatic carbocycles. The number of rotatable bonds is 7. The fourth-order valence-corrected chi connectivity index (χ4v) is 2.15. The Morgan fingerprint density at radius 1 is 1.00 bits per heavy atom. The van der Waals surface area contributed by atoms with E-state index in [4.69, 9.17) is 9.47 Å². The third-order valence-electron chi connectivity index (χ3n) is 3.26. The zero-order valence-corrected chi connectivity index (χ0v) is 15.3. The highest BCUT2D eigenvalue weighted by molar-refractivity contribution is 5.68. The Morgan fingerprint density at radius 3 is 2.35 bits per heavy atom. The fraction of sp³-hybridized carbons (Fsp3) is 0.632. The van der Waals surface area contributed by atoms with Crippen molar-refractivity contribution < 1.29 is 19.0 Å². The fourth-order valence-electron chi connectivity index (χ4n) is 2.15. The third kappa shape index (κ3) is 8.48. The molecule has 1 aliphatic rings. The molecule has 0 unspecified atom stereocenters. The lowest BCUT2D eigenvalue weighted by Crippen LogP contribution is -1.99. The minimum atomic E-state index is -0.115. The van der Waals surface area contributed by atoms with Crippen molar-refractivity contribution in [3.63, 3.8) is 0 Å². The summed E-state index contributed by atoms with van der Waals surface area (Å²) >= 11 is 0. The van der Waals surface area contributed by atoms with E-state index >= 15 is 0 Å². The van der Waals surface area contributed by atoms with Gasteiger partial charge in [0.25, 0.3) is 0 Å². The molecule has 4 nitrogen and oxygen atoms in total. The van der Waals surface area contributed by atoms with E-state index in [1.165, 1.54) is 12.7 Å². The second-order valence-electron chi connectivity index (χ2n) is 4.68. The number of aryl methyl sites for hydroxylation is 1. The van der Waals surface area contributed by atoms with E-state index in [1.807, 2.05) is 33.8 Å². The molecule has 1 heterocycles. The molecule has 0 radical (unpaired) electrons. The first kappa shape index (κ1) is 21.3. The van der Waals surface area contributed by atoms with Gasteiger partial charge in [-0.3, -0.25) is 4.79 Å². The van der Waals surface area contributed by atoms with E-state index < -0.39 is 0 Å². The van der Waals surface area contributed by atoms with E-state index in [2.05, 4.69) is 16.9 Å². The number of carbonyl (C=O) groups is 1. The second kappa shape index (κ2) is 13.9. The molecule has 0 bridgehead atoms. The van der Waals surface area contributed by atoms with Crippen LogP contribution in [0.2, 0.25) is 0 Å². The lowest BCUT2D eigenvalue weighted by Gasteiger charge is -2.03. The van der Waals surface area contributed by atoms with E-state index in [0.29, 0.717) is 13.2 Å². The molecule has 0 atom stereocenters. The lowest BCUT2D eigenvalue weighted by atomic mass is 10.0. The van der Waals surface area contributed by atoms with Crippen LogP contribution in [0.1, 0.15) is 65.4 Å². The zero-order valence-electron chi connectivity index (χ0n) is 15.3. The van der Waals surface area contributed by atoms with Crippen LogP contribution in [0.3, 0.4) is 0 Å². The van der Waals surface area contributed by atoms with Crippen molar-refractivity contribution in [3.8, 4) is 11.5 Å². The number of benzene rings is 1. The van der Waals surface area contributed by atoms with Gasteiger partial charge >= 0.3 is 5.97 Å². The monoisotopic (exact) mass is 324 g/mol. The van der Waals surface area contributed by atoms with Gasteiger partial charge in [-0.05, 0) is 37.0 Å². The number of unbranched alkanes of at least 4 members (excludes halogenated alkanes) is 3. The zero-order chi connectivity index (χ0) is 17.5. The first-order valence-corrected chi connectivity index (χ1v) is 8.75. The predicted octanol–water partition coefficient (Wildman–Crippen LogP) is 5.13. The van der Waals surface area contributed by atoms with Crippen molar-refractivity contribution in [3.05, 3.63) is 23.8 Å². The molecule has 0 aromatic heterocycles. The first-order chi connectivity index (χ1) is 11.3. The molecule has 132 valence electrons. The largest absolute Gasteiger partial charge is 0.469 e. The number of carbonyl (C=O) groups excluding carboxylic acids is 1. The summed E-state index contributed by atoms with van der Waals surface area (Å²) in [6.45, 7) is 8.33. The summed E-state index contributed by atoms with van der Waals surface area (Å²) in [4.78, 5) is 10.9. The van der Waals surface area contributed by atoms with Gasteiger partial charge in [0.2, 0.25) is 6.79 Å². The molecule has 0 fully saturated rings. The minimum absolute atomic E-state index is 0.115. The maximum atomic E-state index is 10.9. The van der Waals surface area contributed by atoms with Gasteiger partial charge in [0.1, 0.15) is 0 Å². The molecule has 0 N–H and O–H groups in total. The molecule has 4 heteroatoms. The number of hydrogen-bond donors (Lipinski definition) is 0. The van der Waals surface area contributed by atoms with E-state index in [9.17, 15) is 4.79 Å². The predicted molar refractivity (Wildman–Crippen MR) is 94.1 cm³/mol. The molecular weight excluding hydrogens is 292 g/mol. The smallest absolute Gasteiger partial charge is 0.305 e. The van der Waals surface area contributed by atoms with Crippen molar-refractivity contribution in [1.82, 2.24) is 0 Å². The van der Waals surface area contributed by atoms with Crippen LogP contribution in [0.5, 0.6) is 11.5 Å². The van der Waals surface area contributed by atoms with Gasteiger partial charge in [0, 0.05) is 6.42 Å². The SMILES string of the molecule is CC.CC.COC(=O)CCCCCCc1ccc2c(c1)OCO2. The molecule has 0 saturated carbocycles. The number of fused-ring (bicyclic) bond motifs is 1. The summed E-state index contributed by atoms with van der Waals surface area (Å²) in [6.07, 6.45) is 5.80. The molecule has 23 heavy (non-hydrogen) atoms. The number of methoxy groups -OCH3 is 1. The molecule has 0 aliphatic carbocycles. The highest BCUT2D eigenvalue weighted by Crippen LogP contribution is 2.32. The number of hydrogen-bond acceptors (Lipinski definition) is 4. The normalized spacial score (nSPS) is 10.8. The lowest BCUT2D eigenvalue weighted by molar-refractivity contribution is -0.140. The van der Waals surface area contributed by atoms with Crippen molar-refractivity contribution in [2.75, 3.05) is 13.9 Å². The molecule has 1 aromatic rings. The maximum absolute atomic E-state index is 10.9. The summed E-state index contributed by atoms with van der Waals surface area (Å²) in [6, 6.07) is 6.10. The van der Waals surface area contributed by atoms with Gasteiger partial charge in [-0.25, -0.2) is 0 Å². The summed E-state index contributed by atoms with van der Waals surface area (Å²) in [5.41, 5.74) is 1.28. The van der Waals surface area contributed by atoms with Crippen LogP contribution in [-0.2, 0) is 16.0 Å². The average molecular weight is 324 g/mol. The van der Waals surface area contributed by atoms with Gasteiger partial charge in [-0.2, -0.15) is 0 Å². The van der Waals surface area contributed by atoms with E-state index in [0.717, 1.165) is 43.6 Å².